The molecule has 142 valence electrons. The van der Waals surface area contributed by atoms with Crippen molar-refractivity contribution in [3.63, 3.8) is 0 Å². The third-order valence-electron chi connectivity index (χ3n) is 5.27. The van der Waals surface area contributed by atoms with Crippen molar-refractivity contribution in [1.29, 1.82) is 5.26 Å². The van der Waals surface area contributed by atoms with Gasteiger partial charge in [-0.15, -0.1) is 22.7 Å². The monoisotopic (exact) mass is 426 g/mol. The van der Waals surface area contributed by atoms with Crippen molar-refractivity contribution in [3.05, 3.63) is 32.3 Å². The number of nitriles is 1. The number of amides is 1. The maximum atomic E-state index is 12.6. The van der Waals surface area contributed by atoms with Crippen LogP contribution in [0.4, 0.5) is 5.00 Å². The second-order valence-corrected chi connectivity index (χ2v) is 10.3. The van der Waals surface area contributed by atoms with Crippen LogP contribution < -0.4 is 5.32 Å². The minimum absolute atomic E-state index is 0.0855. The molecule has 0 bridgehead atoms. The summed E-state index contributed by atoms with van der Waals surface area (Å²) in [6.07, 6.45) is 6.46. The average Bonchev–Trinajstić information content (AvgIpc) is 3.39. The fourth-order valence-corrected chi connectivity index (χ4v) is 7.60. The predicted octanol–water partition coefficient (Wildman–Crippen LogP) is 4.64. The van der Waals surface area contributed by atoms with Crippen LogP contribution in [0.15, 0.2) is 5.03 Å². The number of nitrogens with one attached hydrogen (secondary N) is 1. The summed E-state index contributed by atoms with van der Waals surface area (Å²) in [4.78, 5) is 25.6. The average molecular weight is 427 g/mol. The van der Waals surface area contributed by atoms with E-state index < -0.39 is 0 Å². The zero-order valence-corrected chi connectivity index (χ0v) is 17.9. The third-order valence-corrected chi connectivity index (χ3v) is 8.64. The Kier molecular flexibility index (Phi) is 4.62. The summed E-state index contributed by atoms with van der Waals surface area (Å²) in [6, 6.07) is 2.28. The fraction of sp³-hybridized carbons (Fsp3) is 0.400. The molecule has 5 rings (SSSR count). The molecule has 28 heavy (non-hydrogen) atoms. The molecule has 0 aromatic carbocycles. The van der Waals surface area contributed by atoms with Crippen molar-refractivity contribution in [2.24, 2.45) is 0 Å². The van der Waals surface area contributed by atoms with E-state index in [9.17, 15) is 10.1 Å². The second-order valence-electron chi connectivity index (χ2n) is 7.12. The van der Waals surface area contributed by atoms with Crippen LogP contribution in [0.5, 0.6) is 0 Å². The molecule has 0 aliphatic heterocycles. The first-order valence-corrected chi connectivity index (χ1v) is 12.0. The lowest BCUT2D eigenvalue weighted by Crippen LogP contribution is -2.14. The lowest BCUT2D eigenvalue weighted by Gasteiger charge is -2.06. The van der Waals surface area contributed by atoms with Crippen LogP contribution in [0, 0.1) is 18.3 Å². The molecule has 8 heteroatoms. The molecule has 3 heterocycles. The molecule has 3 aromatic rings. The van der Waals surface area contributed by atoms with Gasteiger partial charge in [-0.25, -0.2) is 9.97 Å². The predicted molar refractivity (Wildman–Crippen MR) is 115 cm³/mol. The molecule has 5 nitrogen and oxygen atoms in total. The van der Waals surface area contributed by atoms with Crippen LogP contribution in [0.25, 0.3) is 10.2 Å². The number of rotatable bonds is 4. The van der Waals surface area contributed by atoms with Crippen molar-refractivity contribution in [3.8, 4) is 6.07 Å². The number of nitrogens with zero attached hydrogens (tertiary/aromatic N) is 3. The molecule has 0 spiro atoms. The Bertz CT molecular complexity index is 1150. The van der Waals surface area contributed by atoms with Crippen LogP contribution in [-0.4, -0.2) is 21.6 Å². The molecule has 0 atom stereocenters. The Morgan fingerprint density at radius 2 is 1.89 bits per heavy atom. The van der Waals surface area contributed by atoms with Gasteiger partial charge in [-0.2, -0.15) is 5.26 Å². The molecule has 1 N–H and O–H groups in total. The Morgan fingerprint density at radius 3 is 2.68 bits per heavy atom. The maximum absolute atomic E-state index is 12.6. The summed E-state index contributed by atoms with van der Waals surface area (Å²) in [6.45, 7) is 1.90. The van der Waals surface area contributed by atoms with E-state index in [1.807, 2.05) is 6.92 Å². The van der Waals surface area contributed by atoms with Crippen molar-refractivity contribution in [2.45, 2.75) is 50.5 Å². The van der Waals surface area contributed by atoms with E-state index in [1.165, 1.54) is 33.5 Å². The molecule has 3 aromatic heterocycles. The lowest BCUT2D eigenvalue weighted by molar-refractivity contribution is -0.113. The SMILES string of the molecule is Cc1nc(SCC(=O)Nc2sc3c(c2C#N)CCC3)c2c3c(sc2n1)CCC3. The Morgan fingerprint density at radius 1 is 1.14 bits per heavy atom. The molecule has 0 unspecified atom stereocenters. The van der Waals surface area contributed by atoms with E-state index in [-0.39, 0.29) is 11.7 Å². The number of hydrogen-bond acceptors (Lipinski definition) is 7. The highest BCUT2D eigenvalue weighted by molar-refractivity contribution is 8.00. The van der Waals surface area contributed by atoms with Gasteiger partial charge in [0.25, 0.3) is 0 Å². The molecule has 0 radical (unpaired) electrons. The summed E-state index contributed by atoms with van der Waals surface area (Å²) in [5, 5.41) is 15.2. The van der Waals surface area contributed by atoms with E-state index in [0.717, 1.165) is 58.7 Å². The molecule has 0 saturated carbocycles. The van der Waals surface area contributed by atoms with Crippen LogP contribution >= 0.6 is 34.4 Å². The largest absolute Gasteiger partial charge is 0.316 e. The molecular weight excluding hydrogens is 408 g/mol. The number of aryl methyl sites for hydroxylation is 4. The van der Waals surface area contributed by atoms with Gasteiger partial charge in [0.15, 0.2) is 0 Å². The smallest absolute Gasteiger partial charge is 0.235 e. The number of hydrogen-bond donors (Lipinski definition) is 1. The summed E-state index contributed by atoms with van der Waals surface area (Å²) >= 11 is 4.80. The number of carbonyl (C=O) groups is 1. The topological polar surface area (TPSA) is 78.7 Å². The molecule has 0 saturated heterocycles. The van der Waals surface area contributed by atoms with Crippen molar-refractivity contribution >= 4 is 55.6 Å². The van der Waals surface area contributed by atoms with E-state index in [1.54, 1.807) is 22.7 Å². The molecule has 1 amide bonds. The van der Waals surface area contributed by atoms with Gasteiger partial charge in [-0.3, -0.25) is 4.79 Å². The Hall–Kier alpha value is -1.95. The number of anilines is 1. The van der Waals surface area contributed by atoms with Gasteiger partial charge in [0, 0.05) is 15.1 Å². The highest BCUT2D eigenvalue weighted by Crippen LogP contribution is 2.41. The van der Waals surface area contributed by atoms with Gasteiger partial charge in [0.1, 0.15) is 26.8 Å². The van der Waals surface area contributed by atoms with E-state index in [2.05, 4.69) is 21.4 Å². The minimum atomic E-state index is -0.0855. The molecular formula is C20H18N4OS3. The number of fused-ring (bicyclic) bond motifs is 4. The van der Waals surface area contributed by atoms with Gasteiger partial charge < -0.3 is 5.32 Å². The van der Waals surface area contributed by atoms with Gasteiger partial charge >= 0.3 is 0 Å². The number of carbonyl (C=O) groups excluding carboxylic acids is 1. The zero-order chi connectivity index (χ0) is 19.3. The summed E-state index contributed by atoms with van der Waals surface area (Å²) in [5.74, 6) is 0.943. The third kappa shape index (κ3) is 3.02. The minimum Gasteiger partial charge on any atom is -0.316 e. The van der Waals surface area contributed by atoms with E-state index in [0.29, 0.717) is 10.6 Å². The van der Waals surface area contributed by atoms with Gasteiger partial charge in [0.2, 0.25) is 5.91 Å². The van der Waals surface area contributed by atoms with E-state index in [4.69, 9.17) is 0 Å². The van der Waals surface area contributed by atoms with Crippen LogP contribution in [0.3, 0.4) is 0 Å². The number of thioether (sulfide) groups is 1. The molecule has 2 aliphatic carbocycles. The first-order valence-electron chi connectivity index (χ1n) is 9.40. The van der Waals surface area contributed by atoms with E-state index >= 15 is 0 Å². The maximum Gasteiger partial charge on any atom is 0.235 e. The normalized spacial score (nSPS) is 14.9. The first-order chi connectivity index (χ1) is 13.6. The van der Waals surface area contributed by atoms with Gasteiger partial charge in [-0.05, 0) is 56.6 Å². The number of aromatic nitrogens is 2. The standard InChI is InChI=1S/C20H18N4OS3/c1-10-22-19(17-12-5-3-7-15(12)28-20(17)23-10)26-9-16(25)24-18-13(8-21)11-4-2-6-14(11)27-18/h2-7,9H2,1H3,(H,24,25). The summed E-state index contributed by atoms with van der Waals surface area (Å²) in [7, 11) is 0. The lowest BCUT2D eigenvalue weighted by atomic mass is 10.1. The number of thiophene rings is 2. The van der Waals surface area contributed by atoms with Crippen LogP contribution in [0.1, 0.15) is 45.1 Å². The Balaban J connectivity index is 1.36. The van der Waals surface area contributed by atoms with Crippen molar-refractivity contribution in [1.82, 2.24) is 9.97 Å². The highest BCUT2D eigenvalue weighted by atomic mass is 32.2. The molecule has 2 aliphatic rings. The van der Waals surface area contributed by atoms with Gasteiger partial charge in [-0.1, -0.05) is 11.8 Å². The van der Waals surface area contributed by atoms with Gasteiger partial charge in [0.05, 0.1) is 11.3 Å². The summed E-state index contributed by atoms with van der Waals surface area (Å²) < 4.78 is 0. The van der Waals surface area contributed by atoms with Crippen molar-refractivity contribution < 1.29 is 4.79 Å². The zero-order valence-electron chi connectivity index (χ0n) is 15.4. The first kappa shape index (κ1) is 18.1. The quantitative estimate of drug-likeness (QED) is 0.486. The van der Waals surface area contributed by atoms with Crippen LogP contribution in [-0.2, 0) is 30.5 Å². The summed E-state index contributed by atoms with van der Waals surface area (Å²) in [5.41, 5.74) is 3.17. The fourth-order valence-electron chi connectivity index (χ4n) is 4.08. The molecule has 0 fully saturated rings. The van der Waals surface area contributed by atoms with Crippen LogP contribution in [0.2, 0.25) is 0 Å². The second kappa shape index (κ2) is 7.14. The highest BCUT2D eigenvalue weighted by Gasteiger charge is 2.24. The Labute approximate surface area is 175 Å². The van der Waals surface area contributed by atoms with Crippen molar-refractivity contribution in [2.75, 3.05) is 11.1 Å².